The predicted octanol–water partition coefficient (Wildman–Crippen LogP) is 0.758. The summed E-state index contributed by atoms with van der Waals surface area (Å²) in [6, 6.07) is 0. The molecule has 1 saturated carbocycles. The van der Waals surface area contributed by atoms with E-state index in [-0.39, 0.29) is 11.3 Å². The van der Waals surface area contributed by atoms with Gasteiger partial charge in [-0.25, -0.2) is 0 Å². The van der Waals surface area contributed by atoms with E-state index in [1.54, 1.807) is 7.05 Å². The van der Waals surface area contributed by atoms with Crippen LogP contribution < -0.4 is 10.6 Å². The fourth-order valence-corrected chi connectivity index (χ4v) is 1.33. The van der Waals surface area contributed by atoms with Crippen molar-refractivity contribution in [3.8, 4) is 0 Å². The maximum atomic E-state index is 11.4. The summed E-state index contributed by atoms with van der Waals surface area (Å²) in [6.07, 6.45) is 2.71. The molecule has 3 nitrogen and oxygen atoms in total. The zero-order valence-corrected chi connectivity index (χ0v) is 8.81. The van der Waals surface area contributed by atoms with E-state index in [1.165, 1.54) is 12.8 Å². The lowest BCUT2D eigenvalue weighted by Gasteiger charge is -2.22. The zero-order valence-electron chi connectivity index (χ0n) is 8.81. The summed E-state index contributed by atoms with van der Waals surface area (Å²) in [5.74, 6) is 0.983. The molecule has 0 aromatic carbocycles. The van der Waals surface area contributed by atoms with Gasteiger partial charge in [-0.1, -0.05) is 0 Å². The molecule has 1 amide bonds. The first kappa shape index (κ1) is 10.5. The van der Waals surface area contributed by atoms with E-state index in [1.807, 2.05) is 13.8 Å². The molecule has 1 fully saturated rings. The maximum Gasteiger partial charge on any atom is 0.226 e. The first-order chi connectivity index (χ1) is 6.06. The van der Waals surface area contributed by atoms with Crippen molar-refractivity contribution in [3.63, 3.8) is 0 Å². The van der Waals surface area contributed by atoms with Gasteiger partial charge in [-0.3, -0.25) is 4.79 Å². The van der Waals surface area contributed by atoms with Crippen LogP contribution in [0.4, 0.5) is 0 Å². The van der Waals surface area contributed by atoms with E-state index in [0.717, 1.165) is 19.0 Å². The molecule has 0 atom stereocenters. The highest BCUT2D eigenvalue weighted by Crippen LogP contribution is 2.27. The van der Waals surface area contributed by atoms with Crippen molar-refractivity contribution in [2.75, 3.05) is 20.1 Å². The molecule has 1 rings (SSSR count). The Hall–Kier alpha value is -0.570. The van der Waals surface area contributed by atoms with E-state index in [0.29, 0.717) is 0 Å². The molecule has 0 aromatic rings. The van der Waals surface area contributed by atoms with Gasteiger partial charge in [0.05, 0.1) is 5.41 Å². The quantitative estimate of drug-likeness (QED) is 0.662. The summed E-state index contributed by atoms with van der Waals surface area (Å²) in [5.41, 5.74) is -0.288. The number of hydrogen-bond donors (Lipinski definition) is 2. The summed E-state index contributed by atoms with van der Waals surface area (Å²) >= 11 is 0. The number of amides is 1. The minimum Gasteiger partial charge on any atom is -0.359 e. The third-order valence-corrected chi connectivity index (χ3v) is 2.54. The van der Waals surface area contributed by atoms with Crippen molar-refractivity contribution in [3.05, 3.63) is 0 Å². The van der Waals surface area contributed by atoms with E-state index >= 15 is 0 Å². The first-order valence-corrected chi connectivity index (χ1v) is 4.99. The van der Waals surface area contributed by atoms with Gasteiger partial charge >= 0.3 is 0 Å². The van der Waals surface area contributed by atoms with Crippen molar-refractivity contribution in [1.82, 2.24) is 10.6 Å². The monoisotopic (exact) mass is 184 g/mol. The Morgan fingerprint density at radius 1 is 1.46 bits per heavy atom. The normalized spacial score (nSPS) is 17.2. The maximum absolute atomic E-state index is 11.4. The molecule has 0 spiro atoms. The molecule has 0 unspecified atom stereocenters. The highest BCUT2D eigenvalue weighted by Gasteiger charge is 2.27. The van der Waals surface area contributed by atoms with Crippen molar-refractivity contribution >= 4 is 5.91 Å². The molecule has 0 saturated heterocycles. The van der Waals surface area contributed by atoms with Crippen LogP contribution in [0.25, 0.3) is 0 Å². The number of carbonyl (C=O) groups is 1. The van der Waals surface area contributed by atoms with Crippen molar-refractivity contribution in [2.24, 2.45) is 11.3 Å². The first-order valence-electron chi connectivity index (χ1n) is 4.99. The molecule has 0 radical (unpaired) electrons. The molecule has 2 N–H and O–H groups in total. The topological polar surface area (TPSA) is 41.1 Å². The van der Waals surface area contributed by atoms with Gasteiger partial charge in [0, 0.05) is 13.6 Å². The van der Waals surface area contributed by atoms with E-state index < -0.39 is 0 Å². The third-order valence-electron chi connectivity index (χ3n) is 2.54. The molecule has 0 aromatic heterocycles. The zero-order chi connectivity index (χ0) is 9.90. The van der Waals surface area contributed by atoms with Gasteiger partial charge in [-0.05, 0) is 39.2 Å². The van der Waals surface area contributed by atoms with Crippen molar-refractivity contribution in [2.45, 2.75) is 26.7 Å². The predicted molar refractivity (Wildman–Crippen MR) is 53.4 cm³/mol. The van der Waals surface area contributed by atoms with E-state index in [4.69, 9.17) is 0 Å². The number of rotatable bonds is 5. The molecule has 0 heterocycles. The van der Waals surface area contributed by atoms with Gasteiger partial charge in [-0.15, -0.1) is 0 Å². The van der Waals surface area contributed by atoms with Crippen LogP contribution in [0.3, 0.4) is 0 Å². The van der Waals surface area contributed by atoms with Crippen molar-refractivity contribution in [1.29, 1.82) is 0 Å². The molecule has 1 aliphatic carbocycles. The molecule has 76 valence electrons. The van der Waals surface area contributed by atoms with Gasteiger partial charge in [0.25, 0.3) is 0 Å². The van der Waals surface area contributed by atoms with E-state index in [9.17, 15) is 4.79 Å². The lowest BCUT2D eigenvalue weighted by atomic mass is 9.92. The molecule has 1 aliphatic rings. The van der Waals surface area contributed by atoms with Gasteiger partial charge in [0.15, 0.2) is 0 Å². The smallest absolute Gasteiger partial charge is 0.226 e. The van der Waals surface area contributed by atoms with Crippen LogP contribution in [-0.2, 0) is 4.79 Å². The minimum absolute atomic E-state index is 0.107. The molecular formula is C10H20N2O. The lowest BCUT2D eigenvalue weighted by molar-refractivity contribution is -0.128. The Balaban J connectivity index is 2.19. The van der Waals surface area contributed by atoms with Crippen LogP contribution in [0.2, 0.25) is 0 Å². The Bertz CT molecular complexity index is 185. The second-order valence-corrected chi connectivity index (χ2v) is 4.54. The molecule has 13 heavy (non-hydrogen) atoms. The van der Waals surface area contributed by atoms with E-state index in [2.05, 4.69) is 10.6 Å². The molecular weight excluding hydrogens is 164 g/mol. The van der Waals surface area contributed by atoms with Crippen LogP contribution in [0.5, 0.6) is 0 Å². The Kier molecular flexibility index (Phi) is 3.31. The number of carbonyl (C=O) groups excluding carboxylic acids is 1. The molecule has 0 aliphatic heterocycles. The summed E-state index contributed by atoms with van der Waals surface area (Å²) < 4.78 is 0. The Morgan fingerprint density at radius 2 is 2.08 bits per heavy atom. The number of nitrogens with one attached hydrogen (secondary N) is 2. The van der Waals surface area contributed by atoms with Crippen LogP contribution in [0.15, 0.2) is 0 Å². The van der Waals surface area contributed by atoms with Gasteiger partial charge in [0.1, 0.15) is 0 Å². The third kappa shape index (κ3) is 3.35. The highest BCUT2D eigenvalue weighted by atomic mass is 16.2. The summed E-state index contributed by atoms with van der Waals surface area (Å²) in [6.45, 7) is 5.76. The van der Waals surface area contributed by atoms with Gasteiger partial charge in [-0.2, -0.15) is 0 Å². The lowest BCUT2D eigenvalue weighted by Crippen LogP contribution is -2.42. The van der Waals surface area contributed by atoms with Crippen LogP contribution >= 0.6 is 0 Å². The van der Waals surface area contributed by atoms with Crippen molar-refractivity contribution < 1.29 is 4.79 Å². The standard InChI is InChI=1S/C10H20N2O/c1-10(2,9(13)11-3)7-12-6-8-4-5-8/h8,12H,4-7H2,1-3H3,(H,11,13). The second kappa shape index (κ2) is 4.09. The largest absolute Gasteiger partial charge is 0.359 e. The highest BCUT2D eigenvalue weighted by molar-refractivity contribution is 5.81. The minimum atomic E-state index is -0.288. The SMILES string of the molecule is CNC(=O)C(C)(C)CNCC1CC1. The fourth-order valence-electron chi connectivity index (χ4n) is 1.33. The summed E-state index contributed by atoms with van der Waals surface area (Å²) in [5, 5.41) is 6.02. The van der Waals surface area contributed by atoms with Crippen LogP contribution in [0.1, 0.15) is 26.7 Å². The fraction of sp³-hybridized carbons (Fsp3) is 0.900. The second-order valence-electron chi connectivity index (χ2n) is 4.54. The molecule has 3 heteroatoms. The summed E-state index contributed by atoms with van der Waals surface area (Å²) in [4.78, 5) is 11.4. The van der Waals surface area contributed by atoms with Gasteiger partial charge < -0.3 is 10.6 Å². The van der Waals surface area contributed by atoms with Gasteiger partial charge in [0.2, 0.25) is 5.91 Å². The van der Waals surface area contributed by atoms with Crippen LogP contribution in [-0.4, -0.2) is 26.0 Å². The van der Waals surface area contributed by atoms with Crippen LogP contribution in [0, 0.1) is 11.3 Å². The Labute approximate surface area is 80.3 Å². The number of hydrogen-bond acceptors (Lipinski definition) is 2. The summed E-state index contributed by atoms with van der Waals surface area (Å²) in [7, 11) is 1.69. The Morgan fingerprint density at radius 3 is 2.54 bits per heavy atom. The molecule has 0 bridgehead atoms. The average Bonchev–Trinajstić information content (AvgIpc) is 2.86. The average molecular weight is 184 g/mol.